The Morgan fingerprint density at radius 1 is 0.917 bits per heavy atom. The van der Waals surface area contributed by atoms with Gasteiger partial charge in [0.25, 0.3) is 5.91 Å². The molecular weight excluding hydrogens is 298 g/mol. The van der Waals surface area contributed by atoms with Gasteiger partial charge in [0.05, 0.1) is 11.9 Å². The molecule has 3 aromatic rings. The van der Waals surface area contributed by atoms with Crippen molar-refractivity contribution in [2.45, 2.75) is 6.92 Å². The Balaban J connectivity index is 1.75. The second kappa shape index (κ2) is 6.96. The summed E-state index contributed by atoms with van der Waals surface area (Å²) in [5.74, 6) is -0.210. The topological polar surface area (TPSA) is 45.2 Å². The normalized spacial score (nSPS) is 10.2. The number of para-hydroxylation sites is 2. The number of hydrogen-bond acceptors (Lipinski definition) is 3. The van der Waals surface area contributed by atoms with Crippen LogP contribution in [0.25, 0.3) is 0 Å². The molecule has 0 fully saturated rings. The Hall–Kier alpha value is -3.14. The van der Waals surface area contributed by atoms with Gasteiger partial charge in [-0.1, -0.05) is 36.4 Å². The standard InChI is InChI=1S/C20H19N3O/c1-15-8-6-7-11-18(15)22-20(24)19-13-12-17(14-21-19)23(2)16-9-4-3-5-10-16/h3-14H,1-2H3,(H,22,24). The largest absolute Gasteiger partial charge is 0.343 e. The Morgan fingerprint density at radius 2 is 1.62 bits per heavy atom. The zero-order valence-electron chi connectivity index (χ0n) is 13.7. The summed E-state index contributed by atoms with van der Waals surface area (Å²) >= 11 is 0. The maximum Gasteiger partial charge on any atom is 0.274 e. The molecule has 0 aliphatic heterocycles. The third-order valence-electron chi connectivity index (χ3n) is 3.90. The first-order valence-corrected chi connectivity index (χ1v) is 7.77. The fourth-order valence-corrected chi connectivity index (χ4v) is 2.42. The van der Waals surface area contributed by atoms with E-state index >= 15 is 0 Å². The van der Waals surface area contributed by atoms with Crippen molar-refractivity contribution in [1.82, 2.24) is 4.98 Å². The smallest absolute Gasteiger partial charge is 0.274 e. The number of benzene rings is 2. The lowest BCUT2D eigenvalue weighted by molar-refractivity contribution is 0.102. The molecule has 3 rings (SSSR count). The fourth-order valence-electron chi connectivity index (χ4n) is 2.42. The molecule has 1 amide bonds. The quantitative estimate of drug-likeness (QED) is 0.775. The molecule has 4 nitrogen and oxygen atoms in total. The molecule has 0 saturated carbocycles. The highest BCUT2D eigenvalue weighted by Gasteiger charge is 2.10. The lowest BCUT2D eigenvalue weighted by Gasteiger charge is -2.19. The highest BCUT2D eigenvalue weighted by atomic mass is 16.1. The van der Waals surface area contributed by atoms with Gasteiger partial charge in [0.2, 0.25) is 0 Å². The summed E-state index contributed by atoms with van der Waals surface area (Å²) in [6, 6.07) is 21.3. The van der Waals surface area contributed by atoms with Crippen LogP contribution >= 0.6 is 0 Å². The molecule has 1 aromatic heterocycles. The van der Waals surface area contributed by atoms with E-state index < -0.39 is 0 Å². The molecular formula is C20H19N3O. The maximum absolute atomic E-state index is 12.3. The molecule has 4 heteroatoms. The molecule has 0 aliphatic rings. The number of nitrogens with zero attached hydrogens (tertiary/aromatic N) is 2. The van der Waals surface area contributed by atoms with E-state index in [0.717, 1.165) is 22.6 Å². The summed E-state index contributed by atoms with van der Waals surface area (Å²) < 4.78 is 0. The number of pyridine rings is 1. The molecule has 0 saturated heterocycles. The molecule has 0 spiro atoms. The summed E-state index contributed by atoms with van der Waals surface area (Å²) in [5, 5.41) is 2.89. The van der Waals surface area contributed by atoms with Crippen molar-refractivity contribution in [3.05, 3.63) is 84.2 Å². The third-order valence-corrected chi connectivity index (χ3v) is 3.90. The number of aryl methyl sites for hydroxylation is 1. The number of amides is 1. The predicted octanol–water partition coefficient (Wildman–Crippen LogP) is 4.41. The Kier molecular flexibility index (Phi) is 4.57. The van der Waals surface area contributed by atoms with Gasteiger partial charge < -0.3 is 10.2 Å². The summed E-state index contributed by atoms with van der Waals surface area (Å²) in [5.41, 5.74) is 4.20. The minimum atomic E-state index is -0.210. The Bertz CT molecular complexity index is 829. The van der Waals surface area contributed by atoms with Crippen LogP contribution in [0.3, 0.4) is 0 Å². The van der Waals surface area contributed by atoms with Crippen molar-refractivity contribution < 1.29 is 4.79 Å². The number of anilines is 3. The molecule has 0 bridgehead atoms. The van der Waals surface area contributed by atoms with Gasteiger partial charge in [0, 0.05) is 18.4 Å². The summed E-state index contributed by atoms with van der Waals surface area (Å²) in [7, 11) is 1.97. The zero-order valence-corrected chi connectivity index (χ0v) is 13.7. The van der Waals surface area contributed by atoms with Crippen LogP contribution in [0.15, 0.2) is 72.9 Å². The SMILES string of the molecule is Cc1ccccc1NC(=O)c1ccc(N(C)c2ccccc2)cn1. The second-order valence-corrected chi connectivity index (χ2v) is 5.57. The average molecular weight is 317 g/mol. The van der Waals surface area contributed by atoms with Crippen molar-refractivity contribution in [2.75, 3.05) is 17.3 Å². The van der Waals surface area contributed by atoms with Crippen molar-refractivity contribution >= 4 is 23.0 Å². The van der Waals surface area contributed by atoms with Crippen LogP contribution < -0.4 is 10.2 Å². The van der Waals surface area contributed by atoms with E-state index in [1.807, 2.05) is 79.5 Å². The van der Waals surface area contributed by atoms with E-state index in [0.29, 0.717) is 5.69 Å². The van der Waals surface area contributed by atoms with Gasteiger partial charge >= 0.3 is 0 Å². The van der Waals surface area contributed by atoms with E-state index in [9.17, 15) is 4.79 Å². The second-order valence-electron chi connectivity index (χ2n) is 5.57. The van der Waals surface area contributed by atoms with Crippen molar-refractivity contribution in [1.29, 1.82) is 0 Å². The molecule has 24 heavy (non-hydrogen) atoms. The van der Waals surface area contributed by atoms with E-state index in [2.05, 4.69) is 10.3 Å². The van der Waals surface area contributed by atoms with Crippen molar-refractivity contribution in [3.63, 3.8) is 0 Å². The number of rotatable bonds is 4. The first kappa shape index (κ1) is 15.7. The number of carbonyl (C=O) groups is 1. The van der Waals surface area contributed by atoms with Gasteiger partial charge in [-0.25, -0.2) is 4.98 Å². The molecule has 0 radical (unpaired) electrons. The Labute approximate surface area is 141 Å². The zero-order chi connectivity index (χ0) is 16.9. The van der Waals surface area contributed by atoms with Gasteiger partial charge in [-0.2, -0.15) is 0 Å². The van der Waals surface area contributed by atoms with Gasteiger partial charge in [-0.05, 0) is 42.8 Å². The Morgan fingerprint density at radius 3 is 2.29 bits per heavy atom. The molecule has 1 N–H and O–H groups in total. The van der Waals surface area contributed by atoms with E-state index in [4.69, 9.17) is 0 Å². The van der Waals surface area contributed by atoms with E-state index in [1.54, 1.807) is 12.3 Å². The third kappa shape index (κ3) is 3.43. The highest BCUT2D eigenvalue weighted by molar-refractivity contribution is 6.03. The number of aromatic nitrogens is 1. The lowest BCUT2D eigenvalue weighted by Crippen LogP contribution is -2.15. The minimum Gasteiger partial charge on any atom is -0.343 e. The van der Waals surface area contributed by atoms with Crippen LogP contribution in [0.1, 0.15) is 16.1 Å². The number of carbonyl (C=O) groups excluding carboxylic acids is 1. The predicted molar refractivity (Wildman–Crippen MR) is 97.9 cm³/mol. The number of hydrogen-bond donors (Lipinski definition) is 1. The first-order valence-electron chi connectivity index (χ1n) is 7.77. The van der Waals surface area contributed by atoms with E-state index in [1.165, 1.54) is 0 Å². The summed E-state index contributed by atoms with van der Waals surface area (Å²) in [6.07, 6.45) is 1.71. The fraction of sp³-hybridized carbons (Fsp3) is 0.100. The van der Waals surface area contributed by atoms with Gasteiger partial charge in [-0.3, -0.25) is 4.79 Å². The minimum absolute atomic E-state index is 0.210. The maximum atomic E-state index is 12.3. The molecule has 0 aliphatic carbocycles. The van der Waals surface area contributed by atoms with Crippen LogP contribution in [0.5, 0.6) is 0 Å². The van der Waals surface area contributed by atoms with E-state index in [-0.39, 0.29) is 5.91 Å². The van der Waals surface area contributed by atoms with Crippen molar-refractivity contribution in [3.8, 4) is 0 Å². The lowest BCUT2D eigenvalue weighted by atomic mass is 10.2. The first-order chi connectivity index (χ1) is 11.6. The van der Waals surface area contributed by atoms with Crippen LogP contribution in [-0.4, -0.2) is 17.9 Å². The molecule has 120 valence electrons. The number of nitrogens with one attached hydrogen (secondary N) is 1. The molecule has 1 heterocycles. The summed E-state index contributed by atoms with van der Waals surface area (Å²) in [4.78, 5) is 18.7. The molecule has 2 aromatic carbocycles. The monoisotopic (exact) mass is 317 g/mol. The highest BCUT2D eigenvalue weighted by Crippen LogP contribution is 2.22. The van der Waals surface area contributed by atoms with Gasteiger partial charge in [0.1, 0.15) is 5.69 Å². The molecule has 0 unspecified atom stereocenters. The summed E-state index contributed by atoms with van der Waals surface area (Å²) in [6.45, 7) is 1.96. The van der Waals surface area contributed by atoms with Crippen LogP contribution in [0.2, 0.25) is 0 Å². The van der Waals surface area contributed by atoms with Crippen LogP contribution in [0.4, 0.5) is 17.1 Å². The van der Waals surface area contributed by atoms with Crippen LogP contribution in [-0.2, 0) is 0 Å². The average Bonchev–Trinajstić information content (AvgIpc) is 2.64. The van der Waals surface area contributed by atoms with Crippen LogP contribution in [0, 0.1) is 6.92 Å². The van der Waals surface area contributed by atoms with Crippen molar-refractivity contribution in [2.24, 2.45) is 0 Å². The van der Waals surface area contributed by atoms with Gasteiger partial charge in [-0.15, -0.1) is 0 Å². The molecule has 0 atom stereocenters. The van der Waals surface area contributed by atoms with Gasteiger partial charge in [0.15, 0.2) is 0 Å².